The van der Waals surface area contributed by atoms with Gasteiger partial charge in [0.15, 0.2) is 5.76 Å². The van der Waals surface area contributed by atoms with Gasteiger partial charge in [0.05, 0.1) is 6.20 Å². The Morgan fingerprint density at radius 3 is 2.75 bits per heavy atom. The Bertz CT molecular complexity index is 864. The molecule has 0 spiro atoms. The van der Waals surface area contributed by atoms with Crippen molar-refractivity contribution in [2.24, 2.45) is 0 Å². The summed E-state index contributed by atoms with van der Waals surface area (Å²) in [6.45, 7) is 0. The Kier molecular flexibility index (Phi) is 2.35. The summed E-state index contributed by atoms with van der Waals surface area (Å²) in [6, 6.07) is 11.7. The number of H-pyrrole nitrogens is 1. The first-order valence-electron chi connectivity index (χ1n) is 6.21. The predicted octanol–water partition coefficient (Wildman–Crippen LogP) is 3.28. The second-order valence-electron chi connectivity index (χ2n) is 4.36. The van der Waals surface area contributed by atoms with Gasteiger partial charge in [-0.1, -0.05) is 18.2 Å². The SMILES string of the molecule is c1ccc(-c2ncc(-c3ncnc4[nH]ccc34)o2)cc1. The van der Waals surface area contributed by atoms with Gasteiger partial charge in [-0.05, 0) is 18.2 Å². The number of hydrogen-bond donors (Lipinski definition) is 1. The average molecular weight is 262 g/mol. The van der Waals surface area contributed by atoms with E-state index in [1.807, 2.05) is 42.6 Å². The molecule has 20 heavy (non-hydrogen) atoms. The normalized spacial score (nSPS) is 11.0. The quantitative estimate of drug-likeness (QED) is 0.602. The van der Waals surface area contributed by atoms with Crippen molar-refractivity contribution in [2.75, 3.05) is 0 Å². The molecule has 3 heterocycles. The molecule has 0 bridgehead atoms. The van der Waals surface area contributed by atoms with Gasteiger partial charge in [-0.2, -0.15) is 0 Å². The number of aromatic nitrogens is 4. The van der Waals surface area contributed by atoms with Gasteiger partial charge < -0.3 is 9.40 Å². The van der Waals surface area contributed by atoms with Crippen LogP contribution in [0.2, 0.25) is 0 Å². The van der Waals surface area contributed by atoms with Gasteiger partial charge in [-0.3, -0.25) is 0 Å². The second kappa shape index (κ2) is 4.31. The fourth-order valence-electron chi connectivity index (χ4n) is 2.17. The van der Waals surface area contributed by atoms with Crippen LogP contribution in [0, 0.1) is 0 Å². The molecule has 0 aliphatic heterocycles. The number of hydrogen-bond acceptors (Lipinski definition) is 4. The summed E-state index contributed by atoms with van der Waals surface area (Å²) in [5.41, 5.74) is 2.47. The number of nitrogens with one attached hydrogen (secondary N) is 1. The number of aromatic amines is 1. The molecular formula is C15H10N4O. The molecule has 0 amide bonds. The van der Waals surface area contributed by atoms with Gasteiger partial charge in [0.25, 0.3) is 0 Å². The first-order valence-corrected chi connectivity index (χ1v) is 6.21. The lowest BCUT2D eigenvalue weighted by atomic mass is 10.2. The maximum Gasteiger partial charge on any atom is 0.226 e. The monoisotopic (exact) mass is 262 g/mol. The molecule has 5 heteroatoms. The molecule has 0 atom stereocenters. The third-order valence-corrected chi connectivity index (χ3v) is 3.11. The smallest absolute Gasteiger partial charge is 0.226 e. The van der Waals surface area contributed by atoms with E-state index in [4.69, 9.17) is 4.42 Å². The summed E-state index contributed by atoms with van der Waals surface area (Å²) in [5.74, 6) is 1.22. The van der Waals surface area contributed by atoms with Crippen molar-refractivity contribution in [3.05, 3.63) is 55.1 Å². The van der Waals surface area contributed by atoms with Crippen LogP contribution >= 0.6 is 0 Å². The third kappa shape index (κ3) is 1.68. The molecule has 1 aromatic carbocycles. The van der Waals surface area contributed by atoms with Gasteiger partial charge in [0.1, 0.15) is 17.7 Å². The largest absolute Gasteiger partial charge is 0.434 e. The Morgan fingerprint density at radius 2 is 1.85 bits per heavy atom. The van der Waals surface area contributed by atoms with Crippen LogP contribution in [0.5, 0.6) is 0 Å². The molecule has 0 aliphatic carbocycles. The zero-order valence-corrected chi connectivity index (χ0v) is 10.4. The summed E-state index contributed by atoms with van der Waals surface area (Å²) >= 11 is 0. The number of benzene rings is 1. The van der Waals surface area contributed by atoms with Crippen LogP contribution in [0.4, 0.5) is 0 Å². The molecule has 3 aromatic heterocycles. The maximum atomic E-state index is 5.82. The van der Waals surface area contributed by atoms with Crippen LogP contribution in [0.1, 0.15) is 0 Å². The molecule has 0 saturated carbocycles. The highest BCUT2D eigenvalue weighted by atomic mass is 16.4. The molecule has 1 N–H and O–H groups in total. The van der Waals surface area contributed by atoms with E-state index in [0.717, 1.165) is 22.3 Å². The van der Waals surface area contributed by atoms with Crippen LogP contribution < -0.4 is 0 Å². The summed E-state index contributed by atoms with van der Waals surface area (Å²) in [5, 5.41) is 0.920. The van der Waals surface area contributed by atoms with Gasteiger partial charge in [0.2, 0.25) is 5.89 Å². The number of oxazole rings is 1. The number of fused-ring (bicyclic) bond motifs is 1. The standard InChI is InChI=1S/C15H10N4O/c1-2-4-10(5-3-1)15-17-8-12(20-15)13-11-6-7-16-14(11)19-9-18-13/h1-9H,(H,16,18,19). The Hall–Kier alpha value is -2.95. The highest BCUT2D eigenvalue weighted by molar-refractivity contribution is 5.88. The molecule has 96 valence electrons. The van der Waals surface area contributed by atoms with Crippen LogP contribution in [0.3, 0.4) is 0 Å². The summed E-state index contributed by atoms with van der Waals surface area (Å²) in [4.78, 5) is 15.8. The van der Waals surface area contributed by atoms with Crippen LogP contribution in [-0.2, 0) is 0 Å². The number of rotatable bonds is 2. The highest BCUT2D eigenvalue weighted by Gasteiger charge is 2.13. The summed E-state index contributed by atoms with van der Waals surface area (Å²) in [6.07, 6.45) is 5.04. The van der Waals surface area contributed by atoms with Crippen molar-refractivity contribution < 1.29 is 4.42 Å². The second-order valence-corrected chi connectivity index (χ2v) is 4.36. The van der Waals surface area contributed by atoms with Gasteiger partial charge >= 0.3 is 0 Å². The molecule has 0 unspecified atom stereocenters. The minimum absolute atomic E-state index is 0.586. The zero-order valence-electron chi connectivity index (χ0n) is 10.4. The van der Waals surface area contributed by atoms with Crippen molar-refractivity contribution in [1.29, 1.82) is 0 Å². The molecule has 4 rings (SSSR count). The Morgan fingerprint density at radius 1 is 0.950 bits per heavy atom. The number of nitrogens with zero attached hydrogens (tertiary/aromatic N) is 3. The topological polar surface area (TPSA) is 67.6 Å². The lowest BCUT2D eigenvalue weighted by Gasteiger charge is -1.97. The molecule has 0 radical (unpaired) electrons. The van der Waals surface area contributed by atoms with E-state index in [9.17, 15) is 0 Å². The fourth-order valence-corrected chi connectivity index (χ4v) is 2.17. The van der Waals surface area contributed by atoms with Crippen LogP contribution in [0.25, 0.3) is 33.9 Å². The van der Waals surface area contributed by atoms with Crippen molar-refractivity contribution in [1.82, 2.24) is 19.9 Å². The van der Waals surface area contributed by atoms with Crippen molar-refractivity contribution in [2.45, 2.75) is 0 Å². The molecule has 0 fully saturated rings. The van der Waals surface area contributed by atoms with Gasteiger partial charge in [-0.15, -0.1) is 0 Å². The predicted molar refractivity (Wildman–Crippen MR) is 74.8 cm³/mol. The van der Waals surface area contributed by atoms with E-state index in [0.29, 0.717) is 11.7 Å². The third-order valence-electron chi connectivity index (χ3n) is 3.11. The van der Waals surface area contributed by atoms with Crippen LogP contribution in [0.15, 0.2) is 59.5 Å². The van der Waals surface area contributed by atoms with E-state index < -0.39 is 0 Å². The lowest BCUT2D eigenvalue weighted by Crippen LogP contribution is -1.85. The Labute approximate surface area is 114 Å². The minimum atomic E-state index is 0.586. The highest BCUT2D eigenvalue weighted by Crippen LogP contribution is 2.28. The summed E-state index contributed by atoms with van der Waals surface area (Å²) in [7, 11) is 0. The average Bonchev–Trinajstić information content (AvgIpc) is 3.17. The van der Waals surface area contributed by atoms with E-state index in [2.05, 4.69) is 19.9 Å². The molecule has 4 aromatic rings. The summed E-state index contributed by atoms with van der Waals surface area (Å²) < 4.78 is 5.82. The first kappa shape index (κ1) is 10.9. The minimum Gasteiger partial charge on any atom is -0.434 e. The van der Waals surface area contributed by atoms with E-state index in [1.165, 1.54) is 6.33 Å². The van der Waals surface area contributed by atoms with Crippen molar-refractivity contribution in [3.8, 4) is 22.9 Å². The molecule has 0 aliphatic rings. The van der Waals surface area contributed by atoms with Crippen molar-refractivity contribution >= 4 is 11.0 Å². The van der Waals surface area contributed by atoms with Gasteiger partial charge in [0, 0.05) is 17.1 Å². The van der Waals surface area contributed by atoms with Crippen LogP contribution in [-0.4, -0.2) is 19.9 Å². The molecular weight excluding hydrogens is 252 g/mol. The first-order chi connectivity index (χ1) is 9.92. The van der Waals surface area contributed by atoms with E-state index in [-0.39, 0.29) is 0 Å². The Balaban J connectivity index is 1.84. The molecule has 0 saturated heterocycles. The fraction of sp³-hybridized carbons (Fsp3) is 0. The lowest BCUT2D eigenvalue weighted by molar-refractivity contribution is 0.587. The zero-order chi connectivity index (χ0) is 13.4. The van der Waals surface area contributed by atoms with Crippen molar-refractivity contribution in [3.63, 3.8) is 0 Å². The van der Waals surface area contributed by atoms with Gasteiger partial charge in [-0.25, -0.2) is 15.0 Å². The van der Waals surface area contributed by atoms with E-state index in [1.54, 1.807) is 6.20 Å². The van der Waals surface area contributed by atoms with E-state index >= 15 is 0 Å². The molecule has 5 nitrogen and oxygen atoms in total. The maximum absolute atomic E-state index is 5.82.